The van der Waals surface area contributed by atoms with Crippen LogP contribution in [0.15, 0.2) is 29.1 Å². The first kappa shape index (κ1) is 13.7. The molecule has 19 heavy (non-hydrogen) atoms. The number of aryl methyl sites for hydroxylation is 1. The van der Waals surface area contributed by atoms with Crippen molar-refractivity contribution in [1.82, 2.24) is 4.57 Å². The van der Waals surface area contributed by atoms with Crippen LogP contribution in [0.3, 0.4) is 0 Å². The number of ether oxygens (including phenoxy) is 1. The van der Waals surface area contributed by atoms with Gasteiger partial charge >= 0.3 is 4.87 Å². The van der Waals surface area contributed by atoms with E-state index in [9.17, 15) is 4.79 Å². The fraction of sp³-hybridized carbons (Fsp3) is 0.357. The Morgan fingerprint density at radius 2 is 2.05 bits per heavy atom. The number of rotatable bonds is 5. The Morgan fingerprint density at radius 1 is 1.32 bits per heavy atom. The second-order valence-corrected chi connectivity index (χ2v) is 5.57. The number of aromatic nitrogens is 1. The number of para-hydroxylation sites is 2. The van der Waals surface area contributed by atoms with Gasteiger partial charge in [0.05, 0.1) is 12.3 Å². The van der Waals surface area contributed by atoms with E-state index in [1.165, 1.54) is 11.3 Å². The van der Waals surface area contributed by atoms with Crippen molar-refractivity contribution in [1.29, 1.82) is 0 Å². The van der Waals surface area contributed by atoms with Crippen molar-refractivity contribution in [2.75, 3.05) is 12.3 Å². The van der Waals surface area contributed by atoms with E-state index in [4.69, 9.17) is 10.5 Å². The average Bonchev–Trinajstić information content (AvgIpc) is 2.62. The highest BCUT2D eigenvalue weighted by Gasteiger charge is 2.07. The molecule has 4 nitrogen and oxygen atoms in total. The molecule has 1 heterocycles. The molecule has 1 aromatic carbocycles. The van der Waals surface area contributed by atoms with Gasteiger partial charge in [0.15, 0.2) is 0 Å². The highest BCUT2D eigenvalue weighted by molar-refractivity contribution is 7.09. The zero-order chi connectivity index (χ0) is 13.8. The maximum Gasteiger partial charge on any atom is 0.307 e. The highest BCUT2D eigenvalue weighted by atomic mass is 32.1. The molecular formula is C14H18N2O2S. The smallest absolute Gasteiger partial charge is 0.307 e. The van der Waals surface area contributed by atoms with Gasteiger partial charge < -0.3 is 15.0 Å². The summed E-state index contributed by atoms with van der Waals surface area (Å²) in [7, 11) is 0. The van der Waals surface area contributed by atoms with E-state index in [0.29, 0.717) is 24.6 Å². The molecule has 1 aromatic heterocycles. The topological polar surface area (TPSA) is 57.2 Å². The number of benzene rings is 1. The predicted molar refractivity (Wildman–Crippen MR) is 79.0 cm³/mol. The van der Waals surface area contributed by atoms with Crippen LogP contribution in [0.1, 0.15) is 17.0 Å². The Labute approximate surface area is 116 Å². The SMILES string of the molecule is Cc1sc(=O)n(CCCOc2ccccc2N)c1C. The largest absolute Gasteiger partial charge is 0.491 e. The maximum absolute atomic E-state index is 11.7. The lowest BCUT2D eigenvalue weighted by molar-refractivity contribution is 0.302. The standard InChI is InChI=1S/C14H18N2O2S/c1-10-11(2)19-14(17)16(10)8-5-9-18-13-7-4-3-6-12(13)15/h3-4,6-7H,5,8-9,15H2,1-2H3. The summed E-state index contributed by atoms with van der Waals surface area (Å²) in [5, 5.41) is 0. The quantitative estimate of drug-likeness (QED) is 0.675. The number of nitrogens with zero attached hydrogens (tertiary/aromatic N) is 1. The Bertz CT molecular complexity index is 616. The molecule has 0 aliphatic heterocycles. The van der Waals surface area contributed by atoms with Crippen molar-refractivity contribution in [3.05, 3.63) is 44.5 Å². The zero-order valence-corrected chi connectivity index (χ0v) is 12.0. The second-order valence-electron chi connectivity index (χ2n) is 4.40. The number of hydrogen-bond acceptors (Lipinski definition) is 4. The molecule has 0 aliphatic carbocycles. The number of anilines is 1. The number of nitrogens with two attached hydrogens (primary N) is 1. The molecule has 0 atom stereocenters. The van der Waals surface area contributed by atoms with Gasteiger partial charge in [0.25, 0.3) is 0 Å². The van der Waals surface area contributed by atoms with Crippen LogP contribution < -0.4 is 15.3 Å². The lowest BCUT2D eigenvalue weighted by Crippen LogP contribution is -2.16. The van der Waals surface area contributed by atoms with Crippen molar-refractivity contribution in [2.45, 2.75) is 26.8 Å². The van der Waals surface area contributed by atoms with Crippen LogP contribution in [-0.2, 0) is 6.54 Å². The van der Waals surface area contributed by atoms with E-state index in [-0.39, 0.29) is 4.87 Å². The van der Waals surface area contributed by atoms with Gasteiger partial charge in [-0.25, -0.2) is 0 Å². The summed E-state index contributed by atoms with van der Waals surface area (Å²) in [4.78, 5) is 12.9. The van der Waals surface area contributed by atoms with Crippen LogP contribution in [0.25, 0.3) is 0 Å². The van der Waals surface area contributed by atoms with Crippen LogP contribution in [0.5, 0.6) is 5.75 Å². The van der Waals surface area contributed by atoms with Gasteiger partial charge in [0.2, 0.25) is 0 Å². The number of nitrogen functional groups attached to an aromatic ring is 1. The monoisotopic (exact) mass is 278 g/mol. The third-order valence-electron chi connectivity index (χ3n) is 3.08. The molecule has 0 saturated heterocycles. The van der Waals surface area contributed by atoms with E-state index >= 15 is 0 Å². The van der Waals surface area contributed by atoms with Crippen LogP contribution >= 0.6 is 11.3 Å². The van der Waals surface area contributed by atoms with Gasteiger partial charge in [-0.15, -0.1) is 0 Å². The third-order valence-corrected chi connectivity index (χ3v) is 4.07. The summed E-state index contributed by atoms with van der Waals surface area (Å²) in [6, 6.07) is 7.43. The minimum atomic E-state index is 0.106. The fourth-order valence-electron chi connectivity index (χ4n) is 1.86. The van der Waals surface area contributed by atoms with Gasteiger partial charge in [-0.05, 0) is 32.4 Å². The molecule has 0 bridgehead atoms. The van der Waals surface area contributed by atoms with Crippen LogP contribution in [0.4, 0.5) is 5.69 Å². The molecule has 0 fully saturated rings. The molecule has 102 valence electrons. The Hall–Kier alpha value is -1.75. The Balaban J connectivity index is 1.88. The van der Waals surface area contributed by atoms with Crippen LogP contribution in [0, 0.1) is 13.8 Å². The Kier molecular flexibility index (Phi) is 4.27. The molecular weight excluding hydrogens is 260 g/mol. The van der Waals surface area contributed by atoms with E-state index in [0.717, 1.165) is 17.0 Å². The van der Waals surface area contributed by atoms with Crippen molar-refractivity contribution in [3.8, 4) is 5.75 Å². The van der Waals surface area contributed by atoms with E-state index in [2.05, 4.69) is 0 Å². The first-order chi connectivity index (χ1) is 9.09. The summed E-state index contributed by atoms with van der Waals surface area (Å²) < 4.78 is 7.41. The minimum absolute atomic E-state index is 0.106. The van der Waals surface area contributed by atoms with E-state index in [1.54, 1.807) is 4.57 Å². The lowest BCUT2D eigenvalue weighted by atomic mass is 10.3. The van der Waals surface area contributed by atoms with Crippen molar-refractivity contribution in [2.24, 2.45) is 0 Å². The van der Waals surface area contributed by atoms with Crippen LogP contribution in [0.2, 0.25) is 0 Å². The molecule has 0 saturated carbocycles. The molecule has 2 N–H and O–H groups in total. The molecule has 2 rings (SSSR count). The molecule has 0 unspecified atom stereocenters. The summed E-state index contributed by atoms with van der Waals surface area (Å²) >= 11 is 1.30. The van der Waals surface area contributed by atoms with E-state index in [1.807, 2.05) is 38.1 Å². The molecule has 0 aliphatic rings. The van der Waals surface area contributed by atoms with Gasteiger partial charge in [-0.3, -0.25) is 4.79 Å². The maximum atomic E-state index is 11.7. The van der Waals surface area contributed by atoms with Gasteiger partial charge in [0.1, 0.15) is 5.75 Å². The first-order valence-electron chi connectivity index (χ1n) is 6.23. The highest BCUT2D eigenvalue weighted by Crippen LogP contribution is 2.19. The zero-order valence-electron chi connectivity index (χ0n) is 11.2. The second kappa shape index (κ2) is 5.93. The average molecular weight is 278 g/mol. The number of hydrogen-bond donors (Lipinski definition) is 1. The number of thiazole rings is 1. The predicted octanol–water partition coefficient (Wildman–Crippen LogP) is 2.58. The normalized spacial score (nSPS) is 10.6. The summed E-state index contributed by atoms with van der Waals surface area (Å²) in [5.41, 5.74) is 7.48. The summed E-state index contributed by atoms with van der Waals surface area (Å²) in [6.45, 7) is 5.18. The van der Waals surface area contributed by atoms with Crippen molar-refractivity contribution >= 4 is 17.0 Å². The molecule has 0 spiro atoms. The molecule has 0 radical (unpaired) electrons. The first-order valence-corrected chi connectivity index (χ1v) is 7.05. The van der Waals surface area contributed by atoms with Crippen LogP contribution in [-0.4, -0.2) is 11.2 Å². The fourth-order valence-corrected chi connectivity index (χ4v) is 2.72. The third kappa shape index (κ3) is 3.17. The molecule has 5 heteroatoms. The minimum Gasteiger partial charge on any atom is -0.491 e. The van der Waals surface area contributed by atoms with Crippen molar-refractivity contribution in [3.63, 3.8) is 0 Å². The molecule has 2 aromatic rings. The summed E-state index contributed by atoms with van der Waals surface area (Å²) in [6.07, 6.45) is 0.783. The van der Waals surface area contributed by atoms with E-state index < -0.39 is 0 Å². The Morgan fingerprint density at radius 3 is 2.68 bits per heavy atom. The van der Waals surface area contributed by atoms with Gasteiger partial charge in [-0.1, -0.05) is 23.5 Å². The molecule has 0 amide bonds. The van der Waals surface area contributed by atoms with Gasteiger partial charge in [0, 0.05) is 17.1 Å². The summed E-state index contributed by atoms with van der Waals surface area (Å²) in [5.74, 6) is 0.702. The van der Waals surface area contributed by atoms with Crippen molar-refractivity contribution < 1.29 is 4.74 Å². The van der Waals surface area contributed by atoms with Gasteiger partial charge in [-0.2, -0.15) is 0 Å². The lowest BCUT2D eigenvalue weighted by Gasteiger charge is -2.09.